The molecule has 0 radical (unpaired) electrons. The lowest BCUT2D eigenvalue weighted by Crippen LogP contribution is -1.97. The predicted octanol–water partition coefficient (Wildman–Crippen LogP) is 3.53. The third kappa shape index (κ3) is 2.06. The van der Waals surface area contributed by atoms with Crippen molar-refractivity contribution >= 4 is 12.2 Å². The Bertz CT molecular complexity index is 851. The second kappa shape index (κ2) is 4.86. The van der Waals surface area contributed by atoms with Gasteiger partial charge >= 0.3 is 0 Å². The first-order chi connectivity index (χ1) is 10.3. The molecule has 0 unspecified atom stereocenters. The zero-order valence-corrected chi connectivity index (χ0v) is 12.1. The number of fused-ring (bicyclic) bond motifs is 1. The van der Waals surface area contributed by atoms with Gasteiger partial charge in [0.15, 0.2) is 10.6 Å². The monoisotopic (exact) mass is 295 g/mol. The van der Waals surface area contributed by atoms with Crippen molar-refractivity contribution in [2.75, 3.05) is 6.61 Å². The minimum atomic E-state index is 0.591. The molecule has 0 saturated heterocycles. The fourth-order valence-corrected chi connectivity index (χ4v) is 2.87. The van der Waals surface area contributed by atoms with Gasteiger partial charge in [-0.1, -0.05) is 18.2 Å². The summed E-state index contributed by atoms with van der Waals surface area (Å²) in [5.41, 5.74) is 3.26. The summed E-state index contributed by atoms with van der Waals surface area (Å²) in [6, 6.07) is 16.2. The molecule has 2 aromatic carbocycles. The molecule has 1 aliphatic rings. The molecule has 0 amide bonds. The minimum Gasteiger partial charge on any atom is -0.493 e. The van der Waals surface area contributed by atoms with Crippen LogP contribution in [0.25, 0.3) is 17.1 Å². The molecule has 21 heavy (non-hydrogen) atoms. The van der Waals surface area contributed by atoms with Gasteiger partial charge in [-0.05, 0) is 48.1 Å². The fraction of sp³-hybridized carbons (Fsp3) is 0.125. The van der Waals surface area contributed by atoms with Crippen molar-refractivity contribution in [1.29, 1.82) is 0 Å². The number of para-hydroxylation sites is 1. The standard InChI is InChI=1S/C16H13N3OS/c21-16-18-17-15(19(16)13-4-2-1-3-5-13)12-6-7-14-11(10-12)8-9-20-14/h1-7,10H,8-9H2,(H,18,21). The predicted molar refractivity (Wildman–Crippen MR) is 83.4 cm³/mol. The van der Waals surface area contributed by atoms with Crippen molar-refractivity contribution in [1.82, 2.24) is 14.8 Å². The molecule has 3 aromatic rings. The van der Waals surface area contributed by atoms with Crippen molar-refractivity contribution in [2.24, 2.45) is 0 Å². The molecule has 0 bridgehead atoms. The molecule has 4 nitrogen and oxygen atoms in total. The number of nitrogens with zero attached hydrogens (tertiary/aromatic N) is 2. The Kier molecular flexibility index (Phi) is 2.86. The third-order valence-corrected chi connectivity index (χ3v) is 3.91. The number of hydrogen-bond acceptors (Lipinski definition) is 3. The molecular formula is C16H13N3OS. The first-order valence-electron chi connectivity index (χ1n) is 6.82. The quantitative estimate of drug-likeness (QED) is 0.735. The second-order valence-corrected chi connectivity index (χ2v) is 5.33. The van der Waals surface area contributed by atoms with Gasteiger partial charge < -0.3 is 4.74 Å². The van der Waals surface area contributed by atoms with Crippen LogP contribution in [0.5, 0.6) is 5.75 Å². The summed E-state index contributed by atoms with van der Waals surface area (Å²) >= 11 is 5.37. The maximum Gasteiger partial charge on any atom is 0.200 e. The van der Waals surface area contributed by atoms with E-state index in [4.69, 9.17) is 17.0 Å². The van der Waals surface area contributed by atoms with E-state index in [2.05, 4.69) is 16.3 Å². The average molecular weight is 295 g/mol. The first-order valence-corrected chi connectivity index (χ1v) is 7.23. The van der Waals surface area contributed by atoms with E-state index in [-0.39, 0.29) is 0 Å². The lowest BCUT2D eigenvalue weighted by Gasteiger charge is -2.07. The summed E-state index contributed by atoms with van der Waals surface area (Å²) in [7, 11) is 0. The molecule has 5 heteroatoms. The number of ether oxygens (including phenoxy) is 1. The fourth-order valence-electron chi connectivity index (χ4n) is 2.63. The van der Waals surface area contributed by atoms with Crippen LogP contribution in [0.1, 0.15) is 5.56 Å². The lowest BCUT2D eigenvalue weighted by atomic mass is 10.1. The highest BCUT2D eigenvalue weighted by molar-refractivity contribution is 7.71. The molecular weight excluding hydrogens is 282 g/mol. The van der Waals surface area contributed by atoms with Gasteiger partial charge in [-0.15, -0.1) is 0 Å². The van der Waals surface area contributed by atoms with Crippen molar-refractivity contribution < 1.29 is 4.74 Å². The summed E-state index contributed by atoms with van der Waals surface area (Å²) in [5.74, 6) is 1.79. The zero-order valence-electron chi connectivity index (χ0n) is 11.2. The zero-order chi connectivity index (χ0) is 14.2. The SMILES string of the molecule is S=c1[nH]nc(-c2ccc3c(c2)CCO3)n1-c1ccccc1. The van der Waals surface area contributed by atoms with Gasteiger partial charge in [0.05, 0.1) is 6.61 Å². The minimum absolute atomic E-state index is 0.591. The Morgan fingerprint density at radius 3 is 2.86 bits per heavy atom. The van der Waals surface area contributed by atoms with Crippen molar-refractivity contribution in [3.8, 4) is 22.8 Å². The van der Waals surface area contributed by atoms with Crippen LogP contribution in [0.3, 0.4) is 0 Å². The summed E-state index contributed by atoms with van der Waals surface area (Å²) in [4.78, 5) is 0. The van der Waals surface area contributed by atoms with Crippen LogP contribution in [-0.2, 0) is 6.42 Å². The molecule has 0 fully saturated rings. The van der Waals surface area contributed by atoms with Crippen LogP contribution in [-0.4, -0.2) is 21.4 Å². The van der Waals surface area contributed by atoms with Gasteiger partial charge in [0.1, 0.15) is 5.75 Å². The smallest absolute Gasteiger partial charge is 0.200 e. The van der Waals surface area contributed by atoms with Gasteiger partial charge in [-0.2, -0.15) is 5.10 Å². The highest BCUT2D eigenvalue weighted by atomic mass is 32.1. The molecule has 0 spiro atoms. The maximum atomic E-state index is 5.55. The van der Waals surface area contributed by atoms with Gasteiger partial charge in [-0.25, -0.2) is 0 Å². The van der Waals surface area contributed by atoms with Crippen LogP contribution in [0.15, 0.2) is 48.5 Å². The van der Waals surface area contributed by atoms with Crippen molar-refractivity contribution in [3.63, 3.8) is 0 Å². The van der Waals surface area contributed by atoms with E-state index in [1.54, 1.807) is 0 Å². The summed E-state index contributed by atoms with van der Waals surface area (Å²) < 4.78 is 8.10. The van der Waals surface area contributed by atoms with E-state index in [1.807, 2.05) is 47.0 Å². The summed E-state index contributed by atoms with van der Waals surface area (Å²) in [6.07, 6.45) is 0.944. The Labute approximate surface area is 127 Å². The molecule has 4 rings (SSSR count). The highest BCUT2D eigenvalue weighted by Gasteiger charge is 2.16. The molecule has 0 aliphatic carbocycles. The number of nitrogens with one attached hydrogen (secondary N) is 1. The Hall–Kier alpha value is -2.40. The van der Waals surface area contributed by atoms with Crippen LogP contribution < -0.4 is 4.74 Å². The second-order valence-electron chi connectivity index (χ2n) is 4.94. The van der Waals surface area contributed by atoms with E-state index in [1.165, 1.54) is 5.56 Å². The van der Waals surface area contributed by atoms with E-state index in [0.717, 1.165) is 35.9 Å². The summed E-state index contributed by atoms with van der Waals surface area (Å²) in [5, 5.41) is 7.28. The average Bonchev–Trinajstić information content (AvgIpc) is 3.13. The molecule has 0 saturated carbocycles. The van der Waals surface area contributed by atoms with Crippen LogP contribution >= 0.6 is 12.2 Å². The molecule has 1 aliphatic heterocycles. The lowest BCUT2D eigenvalue weighted by molar-refractivity contribution is 0.357. The van der Waals surface area contributed by atoms with Gasteiger partial charge in [0.2, 0.25) is 0 Å². The maximum absolute atomic E-state index is 5.55. The van der Waals surface area contributed by atoms with Crippen LogP contribution in [0.2, 0.25) is 0 Å². The number of H-pyrrole nitrogens is 1. The Morgan fingerprint density at radius 1 is 1.14 bits per heavy atom. The van der Waals surface area contributed by atoms with E-state index in [9.17, 15) is 0 Å². The normalized spacial score (nSPS) is 13.0. The number of rotatable bonds is 2. The highest BCUT2D eigenvalue weighted by Crippen LogP contribution is 2.30. The third-order valence-electron chi connectivity index (χ3n) is 3.63. The van der Waals surface area contributed by atoms with Crippen LogP contribution in [0.4, 0.5) is 0 Å². The van der Waals surface area contributed by atoms with E-state index < -0.39 is 0 Å². The molecule has 104 valence electrons. The summed E-state index contributed by atoms with van der Waals surface area (Å²) in [6.45, 7) is 0.754. The van der Waals surface area contributed by atoms with Crippen molar-refractivity contribution in [3.05, 3.63) is 58.9 Å². The van der Waals surface area contributed by atoms with Crippen molar-refractivity contribution in [2.45, 2.75) is 6.42 Å². The molecule has 2 heterocycles. The number of aromatic amines is 1. The molecule has 1 aromatic heterocycles. The van der Waals surface area contributed by atoms with Gasteiger partial charge in [0, 0.05) is 17.7 Å². The van der Waals surface area contributed by atoms with Crippen LogP contribution in [0, 0.1) is 4.77 Å². The van der Waals surface area contributed by atoms with Gasteiger partial charge in [0.25, 0.3) is 0 Å². The number of benzene rings is 2. The van der Waals surface area contributed by atoms with Gasteiger partial charge in [-0.3, -0.25) is 9.67 Å². The van der Waals surface area contributed by atoms with E-state index in [0.29, 0.717) is 4.77 Å². The number of aromatic nitrogens is 3. The topological polar surface area (TPSA) is 42.8 Å². The van der Waals surface area contributed by atoms with E-state index >= 15 is 0 Å². The first kappa shape index (κ1) is 12.3. The Balaban J connectivity index is 1.89. The Morgan fingerprint density at radius 2 is 2.00 bits per heavy atom. The largest absolute Gasteiger partial charge is 0.493 e. The molecule has 0 atom stereocenters. The molecule has 1 N–H and O–H groups in total. The number of hydrogen-bond donors (Lipinski definition) is 1.